The van der Waals surface area contributed by atoms with E-state index in [0.717, 1.165) is 11.0 Å². The highest BCUT2D eigenvalue weighted by Crippen LogP contribution is 2.29. The van der Waals surface area contributed by atoms with Crippen molar-refractivity contribution in [2.24, 2.45) is 7.05 Å². The van der Waals surface area contributed by atoms with E-state index in [1.165, 1.54) is 6.20 Å². The van der Waals surface area contributed by atoms with E-state index >= 15 is 0 Å². The Kier molecular flexibility index (Phi) is 3.92. The van der Waals surface area contributed by atoms with Crippen LogP contribution in [0.2, 0.25) is 5.15 Å². The monoisotopic (exact) mass is 371 g/mol. The Labute approximate surface area is 152 Å². The first-order valence-electron chi connectivity index (χ1n) is 7.81. The second-order valence-electron chi connectivity index (χ2n) is 5.72. The number of halogens is 1. The van der Waals surface area contributed by atoms with Crippen LogP contribution in [0, 0.1) is 0 Å². The highest BCUT2D eigenvalue weighted by molar-refractivity contribution is 6.29. The van der Waals surface area contributed by atoms with E-state index in [2.05, 4.69) is 30.2 Å². The SMILES string of the molecule is Cn1ccc2c(NCCC(=O)O)nc(-c3c[nH]c4ncc(Cl)nc34)nc21. The maximum atomic E-state index is 10.8. The fourth-order valence-corrected chi connectivity index (χ4v) is 2.85. The summed E-state index contributed by atoms with van der Waals surface area (Å²) in [4.78, 5) is 31.5. The topological polar surface area (TPSA) is 122 Å². The Morgan fingerprint density at radius 1 is 1.38 bits per heavy atom. The second-order valence-corrected chi connectivity index (χ2v) is 6.11. The number of H-pyrrole nitrogens is 1. The minimum absolute atomic E-state index is 0.0121. The minimum atomic E-state index is -0.877. The van der Waals surface area contributed by atoms with Gasteiger partial charge in [-0.1, -0.05) is 11.6 Å². The molecule has 9 nitrogen and oxygen atoms in total. The maximum Gasteiger partial charge on any atom is 0.305 e. The van der Waals surface area contributed by atoms with Gasteiger partial charge in [-0.2, -0.15) is 0 Å². The van der Waals surface area contributed by atoms with E-state index in [4.69, 9.17) is 16.7 Å². The average molecular weight is 372 g/mol. The first-order chi connectivity index (χ1) is 12.5. The molecule has 26 heavy (non-hydrogen) atoms. The zero-order valence-electron chi connectivity index (χ0n) is 13.7. The number of carboxylic acids is 1. The van der Waals surface area contributed by atoms with Crippen LogP contribution in [0.25, 0.3) is 33.6 Å². The molecule has 3 N–H and O–H groups in total. The number of nitrogens with zero attached hydrogens (tertiary/aromatic N) is 5. The van der Waals surface area contributed by atoms with Crippen molar-refractivity contribution in [1.29, 1.82) is 0 Å². The van der Waals surface area contributed by atoms with Gasteiger partial charge >= 0.3 is 5.97 Å². The highest BCUT2D eigenvalue weighted by atomic mass is 35.5. The molecule has 0 amide bonds. The number of hydrogen-bond donors (Lipinski definition) is 3. The first kappa shape index (κ1) is 16.3. The van der Waals surface area contributed by atoms with Crippen LogP contribution < -0.4 is 5.32 Å². The van der Waals surface area contributed by atoms with Gasteiger partial charge in [-0.15, -0.1) is 0 Å². The van der Waals surface area contributed by atoms with Gasteiger partial charge in [0.05, 0.1) is 23.6 Å². The molecule has 0 aliphatic carbocycles. The van der Waals surface area contributed by atoms with Gasteiger partial charge in [0.1, 0.15) is 22.1 Å². The standard InChI is InChI=1S/C16H14ClN7O2/c1-24-5-3-8-13(18-4-2-11(25)26)22-14(23-16(8)24)9-6-19-15-12(9)21-10(17)7-20-15/h3,5-7H,2,4H2,1H3,(H,19,20)(H,25,26)(H,18,22,23). The van der Waals surface area contributed by atoms with E-state index in [0.29, 0.717) is 28.4 Å². The van der Waals surface area contributed by atoms with E-state index in [-0.39, 0.29) is 18.1 Å². The zero-order valence-corrected chi connectivity index (χ0v) is 14.4. The number of aromatic nitrogens is 6. The van der Waals surface area contributed by atoms with Crippen molar-refractivity contribution in [3.8, 4) is 11.4 Å². The normalized spacial score (nSPS) is 11.3. The van der Waals surface area contributed by atoms with E-state index in [1.807, 2.05) is 23.9 Å². The second kappa shape index (κ2) is 6.26. The van der Waals surface area contributed by atoms with E-state index in [9.17, 15) is 4.79 Å². The number of fused-ring (bicyclic) bond motifs is 2. The van der Waals surface area contributed by atoms with Crippen LogP contribution in [-0.4, -0.2) is 47.1 Å². The Morgan fingerprint density at radius 3 is 3.04 bits per heavy atom. The summed E-state index contributed by atoms with van der Waals surface area (Å²) in [5.74, 6) is 0.133. The molecule has 0 saturated carbocycles. The van der Waals surface area contributed by atoms with Crippen LogP contribution in [0.4, 0.5) is 5.82 Å². The quantitative estimate of drug-likeness (QED) is 0.492. The Morgan fingerprint density at radius 2 is 2.23 bits per heavy atom. The lowest BCUT2D eigenvalue weighted by atomic mass is 10.2. The van der Waals surface area contributed by atoms with Crippen LogP contribution >= 0.6 is 11.6 Å². The van der Waals surface area contributed by atoms with Crippen LogP contribution in [-0.2, 0) is 11.8 Å². The fourth-order valence-electron chi connectivity index (χ4n) is 2.72. The molecular formula is C16H14ClN7O2. The maximum absolute atomic E-state index is 10.8. The lowest BCUT2D eigenvalue weighted by Crippen LogP contribution is -2.10. The molecule has 132 valence electrons. The van der Waals surface area contributed by atoms with Gasteiger partial charge in [-0.3, -0.25) is 4.79 Å². The van der Waals surface area contributed by atoms with Crippen molar-refractivity contribution < 1.29 is 9.90 Å². The van der Waals surface area contributed by atoms with Crippen LogP contribution in [0.5, 0.6) is 0 Å². The van der Waals surface area contributed by atoms with Gasteiger partial charge in [0.2, 0.25) is 0 Å². The van der Waals surface area contributed by atoms with Crippen molar-refractivity contribution in [2.45, 2.75) is 6.42 Å². The molecule has 0 radical (unpaired) electrons. The Bertz CT molecular complexity index is 1130. The summed E-state index contributed by atoms with van der Waals surface area (Å²) in [5.41, 5.74) is 2.54. The predicted octanol–water partition coefficient (Wildman–Crippen LogP) is 2.45. The van der Waals surface area contributed by atoms with Crippen LogP contribution in [0.1, 0.15) is 6.42 Å². The summed E-state index contributed by atoms with van der Waals surface area (Å²) in [6.45, 7) is 0.259. The van der Waals surface area contributed by atoms with Crippen molar-refractivity contribution >= 4 is 45.6 Å². The third-order valence-corrected chi connectivity index (χ3v) is 4.13. The molecule has 10 heteroatoms. The molecule has 0 bridgehead atoms. The molecule has 0 atom stereocenters. The number of aromatic amines is 1. The molecule has 0 fully saturated rings. The van der Waals surface area contributed by atoms with Gasteiger partial charge in [0.25, 0.3) is 0 Å². The lowest BCUT2D eigenvalue weighted by molar-refractivity contribution is -0.136. The summed E-state index contributed by atoms with van der Waals surface area (Å²) in [5, 5.41) is 13.0. The molecule has 0 aliphatic heterocycles. The lowest BCUT2D eigenvalue weighted by Gasteiger charge is -2.08. The predicted molar refractivity (Wildman–Crippen MR) is 97.1 cm³/mol. The average Bonchev–Trinajstić information content (AvgIpc) is 3.18. The Hall–Kier alpha value is -3.20. The molecule has 4 aromatic heterocycles. The summed E-state index contributed by atoms with van der Waals surface area (Å²) >= 11 is 5.97. The molecule has 0 unspecified atom stereocenters. The molecule has 4 rings (SSSR count). The van der Waals surface area contributed by atoms with E-state index < -0.39 is 5.97 Å². The molecule has 0 aliphatic rings. The highest BCUT2D eigenvalue weighted by Gasteiger charge is 2.16. The minimum Gasteiger partial charge on any atom is -0.481 e. The van der Waals surface area contributed by atoms with Gasteiger partial charge < -0.3 is 20.0 Å². The largest absolute Gasteiger partial charge is 0.481 e. The first-order valence-corrected chi connectivity index (χ1v) is 8.19. The number of rotatable bonds is 5. The van der Waals surface area contributed by atoms with Gasteiger partial charge in [-0.25, -0.2) is 19.9 Å². The number of aliphatic carboxylic acids is 1. The van der Waals surface area contributed by atoms with Crippen molar-refractivity contribution in [1.82, 2.24) is 29.5 Å². The van der Waals surface area contributed by atoms with Gasteiger partial charge in [0.15, 0.2) is 11.5 Å². The summed E-state index contributed by atoms with van der Waals surface area (Å²) in [6.07, 6.45) is 5.05. The summed E-state index contributed by atoms with van der Waals surface area (Å²) < 4.78 is 1.87. The van der Waals surface area contributed by atoms with Crippen molar-refractivity contribution in [3.63, 3.8) is 0 Å². The van der Waals surface area contributed by atoms with Crippen molar-refractivity contribution in [2.75, 3.05) is 11.9 Å². The molecule has 0 spiro atoms. The number of hydrogen-bond acceptors (Lipinski definition) is 6. The molecule has 0 aromatic carbocycles. The smallest absolute Gasteiger partial charge is 0.305 e. The molecule has 4 heterocycles. The summed E-state index contributed by atoms with van der Waals surface area (Å²) in [7, 11) is 1.88. The Balaban J connectivity index is 1.85. The number of aryl methyl sites for hydroxylation is 1. The van der Waals surface area contributed by atoms with Crippen LogP contribution in [0.15, 0.2) is 24.7 Å². The fraction of sp³-hybridized carbons (Fsp3) is 0.188. The summed E-state index contributed by atoms with van der Waals surface area (Å²) in [6, 6.07) is 1.88. The number of nitrogens with one attached hydrogen (secondary N) is 2. The van der Waals surface area contributed by atoms with Gasteiger partial charge in [-0.05, 0) is 6.07 Å². The van der Waals surface area contributed by atoms with Crippen molar-refractivity contribution in [3.05, 3.63) is 29.8 Å². The zero-order chi connectivity index (χ0) is 18.3. The number of anilines is 1. The number of carbonyl (C=O) groups is 1. The van der Waals surface area contributed by atoms with Crippen LogP contribution in [0.3, 0.4) is 0 Å². The third kappa shape index (κ3) is 2.82. The number of carboxylic acid groups (broad SMARTS) is 1. The molecular weight excluding hydrogens is 358 g/mol. The third-order valence-electron chi connectivity index (χ3n) is 3.95. The molecule has 4 aromatic rings. The van der Waals surface area contributed by atoms with E-state index in [1.54, 1.807) is 6.20 Å². The van der Waals surface area contributed by atoms with Gasteiger partial charge in [0, 0.05) is 26.0 Å². The molecule has 0 saturated heterocycles.